The molecule has 0 aliphatic rings. The molecule has 6 nitrogen and oxygen atoms in total. The zero-order chi connectivity index (χ0) is 20.1. The molecule has 1 amide bonds. The van der Waals surface area contributed by atoms with Crippen LogP contribution in [0.3, 0.4) is 0 Å². The van der Waals surface area contributed by atoms with E-state index >= 15 is 0 Å². The molecule has 0 saturated carbocycles. The summed E-state index contributed by atoms with van der Waals surface area (Å²) in [5.74, 6) is -0.991. The quantitative estimate of drug-likeness (QED) is 0.340. The molecule has 7 heteroatoms. The van der Waals surface area contributed by atoms with E-state index < -0.39 is 11.9 Å². The molecule has 1 aromatic heterocycles. The first kappa shape index (κ1) is 19.4. The highest BCUT2D eigenvalue weighted by Gasteiger charge is 2.12. The maximum atomic E-state index is 12.4. The molecule has 3 aromatic rings. The number of nitrogens with one attached hydrogen (secondary N) is 1. The molecule has 0 aliphatic heterocycles. The average molecular weight is 483 g/mol. The van der Waals surface area contributed by atoms with E-state index in [0.717, 1.165) is 3.57 Å². The number of carboxylic acid groups (broad SMARTS) is 1. The Morgan fingerprint density at radius 1 is 1.07 bits per heavy atom. The van der Waals surface area contributed by atoms with Crippen LogP contribution in [0.4, 0.5) is 5.69 Å². The number of nitriles is 1. The Bertz CT molecular complexity index is 1110. The number of anilines is 1. The van der Waals surface area contributed by atoms with E-state index in [1.54, 1.807) is 36.4 Å². The third kappa shape index (κ3) is 4.47. The number of carbonyl (C=O) groups is 2. The standard InChI is InChI=1S/C21H13IN2O4/c22-17-3-1-2-4-18(17)24-20(25)15(12-23)11-16-9-10-19(28-16)13-5-7-14(8-6-13)21(26)27/h1-11H,(H,24,25)(H,26,27)/p-1/b15-11+. The number of carboxylic acids is 1. The van der Waals surface area contributed by atoms with Crippen LogP contribution >= 0.6 is 22.6 Å². The number of hydrogen-bond acceptors (Lipinski definition) is 5. The number of aromatic carboxylic acids is 1. The molecule has 2 aromatic carbocycles. The van der Waals surface area contributed by atoms with Gasteiger partial charge in [-0.3, -0.25) is 4.79 Å². The lowest BCUT2D eigenvalue weighted by Gasteiger charge is -2.05. The highest BCUT2D eigenvalue weighted by molar-refractivity contribution is 14.1. The van der Waals surface area contributed by atoms with Crippen LogP contribution in [0.15, 0.2) is 70.7 Å². The number of hydrogen-bond donors (Lipinski definition) is 1. The topological polar surface area (TPSA) is 106 Å². The molecule has 0 fully saturated rings. The van der Waals surface area contributed by atoms with Crippen molar-refractivity contribution in [1.82, 2.24) is 0 Å². The summed E-state index contributed by atoms with van der Waals surface area (Å²) in [5, 5.41) is 22.8. The third-order valence-corrected chi connectivity index (χ3v) is 4.75. The van der Waals surface area contributed by atoms with Gasteiger partial charge in [0.25, 0.3) is 5.91 Å². The summed E-state index contributed by atoms with van der Waals surface area (Å²) >= 11 is 2.09. The SMILES string of the molecule is N#C/C(=C\c1ccc(-c2ccc(C(=O)[O-])cc2)o1)C(=O)Nc1ccccc1I. The monoisotopic (exact) mass is 483 g/mol. The summed E-state index contributed by atoms with van der Waals surface area (Å²) in [6, 6.07) is 18.4. The summed E-state index contributed by atoms with van der Waals surface area (Å²) in [7, 11) is 0. The number of rotatable bonds is 5. The summed E-state index contributed by atoms with van der Waals surface area (Å²) in [5.41, 5.74) is 1.23. The minimum atomic E-state index is -1.26. The summed E-state index contributed by atoms with van der Waals surface area (Å²) in [6.45, 7) is 0. The number of nitrogens with zero attached hydrogens (tertiary/aromatic N) is 1. The van der Waals surface area contributed by atoms with Gasteiger partial charge in [0.1, 0.15) is 23.2 Å². The predicted molar refractivity (Wildman–Crippen MR) is 110 cm³/mol. The van der Waals surface area contributed by atoms with Crippen molar-refractivity contribution in [2.24, 2.45) is 0 Å². The molecule has 1 heterocycles. The van der Waals surface area contributed by atoms with Gasteiger partial charge in [-0.05, 0) is 52.4 Å². The number of benzene rings is 2. The maximum Gasteiger partial charge on any atom is 0.266 e. The molecule has 0 bridgehead atoms. The molecule has 0 spiro atoms. The van der Waals surface area contributed by atoms with Crippen LogP contribution in [0.2, 0.25) is 0 Å². The molecule has 138 valence electrons. The summed E-state index contributed by atoms with van der Waals surface area (Å²) < 4.78 is 6.51. The van der Waals surface area contributed by atoms with Crippen LogP contribution < -0.4 is 10.4 Å². The highest BCUT2D eigenvalue weighted by atomic mass is 127. The Morgan fingerprint density at radius 3 is 2.43 bits per heavy atom. The number of halogens is 1. The second-order valence-electron chi connectivity index (χ2n) is 5.67. The van der Waals surface area contributed by atoms with Gasteiger partial charge in [-0.15, -0.1) is 0 Å². The Kier molecular flexibility index (Phi) is 5.91. The van der Waals surface area contributed by atoms with E-state index in [9.17, 15) is 20.0 Å². The Balaban J connectivity index is 1.80. The number of para-hydroxylation sites is 1. The van der Waals surface area contributed by atoms with Gasteiger partial charge in [0, 0.05) is 15.2 Å². The van der Waals surface area contributed by atoms with Crippen molar-refractivity contribution in [1.29, 1.82) is 5.26 Å². The summed E-state index contributed by atoms with van der Waals surface area (Å²) in [6.07, 6.45) is 1.35. The van der Waals surface area contributed by atoms with Gasteiger partial charge in [-0.25, -0.2) is 0 Å². The molecule has 28 heavy (non-hydrogen) atoms. The van der Waals surface area contributed by atoms with Gasteiger partial charge in [0.2, 0.25) is 0 Å². The molecule has 0 aliphatic carbocycles. The second kappa shape index (κ2) is 8.54. The third-order valence-electron chi connectivity index (χ3n) is 3.81. The van der Waals surface area contributed by atoms with E-state index in [0.29, 0.717) is 22.8 Å². The number of amides is 1. The summed E-state index contributed by atoms with van der Waals surface area (Å²) in [4.78, 5) is 23.2. The zero-order valence-electron chi connectivity index (χ0n) is 14.3. The van der Waals surface area contributed by atoms with E-state index in [2.05, 4.69) is 27.9 Å². The van der Waals surface area contributed by atoms with Crippen LogP contribution in [0.5, 0.6) is 0 Å². The molecule has 3 rings (SSSR count). The Morgan fingerprint density at radius 2 is 1.79 bits per heavy atom. The minimum absolute atomic E-state index is 0.0643. The molecular weight excluding hydrogens is 471 g/mol. The fraction of sp³-hybridized carbons (Fsp3) is 0. The Hall–Kier alpha value is -3.38. The molecule has 0 radical (unpaired) electrons. The van der Waals surface area contributed by atoms with E-state index in [-0.39, 0.29) is 11.1 Å². The zero-order valence-corrected chi connectivity index (χ0v) is 16.5. The van der Waals surface area contributed by atoms with Crippen LogP contribution in [0.1, 0.15) is 16.1 Å². The van der Waals surface area contributed by atoms with Crippen LogP contribution in [0.25, 0.3) is 17.4 Å². The first-order valence-electron chi connectivity index (χ1n) is 8.07. The van der Waals surface area contributed by atoms with Crippen molar-refractivity contribution in [2.75, 3.05) is 5.32 Å². The highest BCUT2D eigenvalue weighted by Crippen LogP contribution is 2.24. The van der Waals surface area contributed by atoms with Crippen LogP contribution in [0, 0.1) is 14.9 Å². The fourth-order valence-corrected chi connectivity index (χ4v) is 2.92. The van der Waals surface area contributed by atoms with Gasteiger partial charge in [0.15, 0.2) is 0 Å². The first-order valence-corrected chi connectivity index (χ1v) is 9.15. The largest absolute Gasteiger partial charge is 0.545 e. The molecule has 0 unspecified atom stereocenters. The molecule has 1 N–H and O–H groups in total. The van der Waals surface area contributed by atoms with Gasteiger partial charge in [-0.1, -0.05) is 36.4 Å². The second-order valence-corrected chi connectivity index (χ2v) is 6.83. The van der Waals surface area contributed by atoms with E-state index in [1.807, 2.05) is 18.2 Å². The molecular formula is C21H12IN2O4-. The van der Waals surface area contributed by atoms with Crippen molar-refractivity contribution in [3.8, 4) is 17.4 Å². The minimum Gasteiger partial charge on any atom is -0.545 e. The van der Waals surface area contributed by atoms with Crippen molar-refractivity contribution in [3.63, 3.8) is 0 Å². The normalized spacial score (nSPS) is 10.9. The van der Waals surface area contributed by atoms with Crippen LogP contribution in [-0.2, 0) is 4.79 Å². The lowest BCUT2D eigenvalue weighted by Crippen LogP contribution is -2.21. The predicted octanol–water partition coefficient (Wildman–Crippen LogP) is 3.46. The number of furan rings is 1. The molecule has 0 atom stereocenters. The molecule has 0 saturated heterocycles. The van der Waals surface area contributed by atoms with Crippen LogP contribution in [-0.4, -0.2) is 11.9 Å². The first-order chi connectivity index (χ1) is 13.5. The maximum absolute atomic E-state index is 12.4. The van der Waals surface area contributed by atoms with Gasteiger partial charge in [-0.2, -0.15) is 5.26 Å². The van der Waals surface area contributed by atoms with Crippen molar-refractivity contribution in [2.45, 2.75) is 0 Å². The van der Waals surface area contributed by atoms with E-state index in [4.69, 9.17) is 4.42 Å². The lowest BCUT2D eigenvalue weighted by atomic mass is 10.1. The van der Waals surface area contributed by atoms with Gasteiger partial charge >= 0.3 is 0 Å². The number of carbonyl (C=O) groups excluding carboxylic acids is 2. The average Bonchev–Trinajstić information content (AvgIpc) is 3.16. The fourth-order valence-electron chi connectivity index (χ4n) is 2.40. The lowest BCUT2D eigenvalue weighted by molar-refractivity contribution is -0.255. The van der Waals surface area contributed by atoms with Gasteiger partial charge < -0.3 is 19.6 Å². The van der Waals surface area contributed by atoms with Crippen molar-refractivity contribution in [3.05, 3.63) is 81.1 Å². The van der Waals surface area contributed by atoms with Crippen molar-refractivity contribution >= 4 is 46.2 Å². The van der Waals surface area contributed by atoms with Gasteiger partial charge in [0.05, 0.1) is 11.7 Å². The van der Waals surface area contributed by atoms with E-state index in [1.165, 1.54) is 18.2 Å². The van der Waals surface area contributed by atoms with Crippen molar-refractivity contribution < 1.29 is 19.1 Å². The Labute approximate surface area is 174 Å². The smallest absolute Gasteiger partial charge is 0.266 e.